The topological polar surface area (TPSA) is 55.8 Å². The summed E-state index contributed by atoms with van der Waals surface area (Å²) in [6.07, 6.45) is 5.77. The minimum Gasteiger partial charge on any atom is -0.394 e. The molecule has 1 aliphatic carbocycles. The largest absolute Gasteiger partial charge is 0.394 e. The monoisotopic (exact) mass is 315 g/mol. The van der Waals surface area contributed by atoms with Crippen molar-refractivity contribution in [1.82, 2.24) is 4.90 Å². The molecule has 2 aliphatic heterocycles. The first-order valence-electron chi connectivity index (χ1n) is 8.80. The van der Waals surface area contributed by atoms with Gasteiger partial charge in [0.25, 0.3) is 0 Å². The van der Waals surface area contributed by atoms with Gasteiger partial charge in [-0.3, -0.25) is 0 Å². The Kier molecular flexibility index (Phi) is 3.89. The van der Waals surface area contributed by atoms with Crippen molar-refractivity contribution in [1.29, 1.82) is 0 Å². The zero-order valence-electron chi connectivity index (χ0n) is 13.4. The third kappa shape index (κ3) is 2.67. The van der Waals surface area contributed by atoms with Crippen molar-refractivity contribution in [3.63, 3.8) is 0 Å². The van der Waals surface area contributed by atoms with Crippen LogP contribution in [0.25, 0.3) is 0 Å². The fourth-order valence-corrected chi connectivity index (χ4v) is 4.53. The predicted molar refractivity (Wildman–Crippen MR) is 90.7 cm³/mol. The van der Waals surface area contributed by atoms with Crippen LogP contribution in [0.4, 0.5) is 16.2 Å². The van der Waals surface area contributed by atoms with Crippen LogP contribution >= 0.6 is 0 Å². The number of likely N-dealkylation sites (tertiary alicyclic amines) is 1. The number of nitrogens with zero attached hydrogens (tertiary/aromatic N) is 2. The third-order valence-electron chi connectivity index (χ3n) is 5.71. The van der Waals surface area contributed by atoms with Gasteiger partial charge in [-0.25, -0.2) is 4.79 Å². The smallest absolute Gasteiger partial charge is 0.322 e. The number of hydrogen-bond donors (Lipinski definition) is 2. The van der Waals surface area contributed by atoms with Crippen molar-refractivity contribution < 1.29 is 9.90 Å². The number of carbonyl (C=O) groups is 1. The summed E-state index contributed by atoms with van der Waals surface area (Å²) in [5.41, 5.74) is 2.04. The van der Waals surface area contributed by atoms with Crippen molar-refractivity contribution in [3.8, 4) is 0 Å². The van der Waals surface area contributed by atoms with Crippen LogP contribution in [-0.2, 0) is 0 Å². The van der Waals surface area contributed by atoms with Crippen LogP contribution in [0.15, 0.2) is 24.3 Å². The number of rotatable bonds is 3. The van der Waals surface area contributed by atoms with E-state index in [1.807, 2.05) is 18.2 Å². The van der Waals surface area contributed by atoms with Gasteiger partial charge < -0.3 is 20.2 Å². The maximum Gasteiger partial charge on any atom is 0.322 e. The highest BCUT2D eigenvalue weighted by atomic mass is 16.3. The summed E-state index contributed by atoms with van der Waals surface area (Å²) in [6, 6.07) is 8.63. The van der Waals surface area contributed by atoms with E-state index in [4.69, 9.17) is 0 Å². The Morgan fingerprint density at radius 2 is 2.13 bits per heavy atom. The minimum absolute atomic E-state index is 0.0371. The van der Waals surface area contributed by atoms with Gasteiger partial charge in [-0.1, -0.05) is 12.1 Å². The molecule has 3 fully saturated rings. The lowest BCUT2D eigenvalue weighted by atomic mass is 10.1. The molecule has 2 N–H and O–H groups in total. The third-order valence-corrected chi connectivity index (χ3v) is 5.71. The Labute approximate surface area is 137 Å². The lowest BCUT2D eigenvalue weighted by Gasteiger charge is -2.31. The zero-order chi connectivity index (χ0) is 15.8. The molecule has 2 bridgehead atoms. The molecule has 23 heavy (non-hydrogen) atoms. The van der Waals surface area contributed by atoms with Gasteiger partial charge >= 0.3 is 6.03 Å². The average Bonchev–Trinajstić information content (AvgIpc) is 3.31. The zero-order valence-corrected chi connectivity index (χ0v) is 13.4. The molecule has 5 heteroatoms. The van der Waals surface area contributed by atoms with Crippen LogP contribution in [0.2, 0.25) is 0 Å². The van der Waals surface area contributed by atoms with Gasteiger partial charge in [-0.2, -0.15) is 0 Å². The standard InChI is InChI=1S/C18H25N3O2/c22-12-15-4-3-9-20(15)18(23)19-16-5-1-2-6-17(16)21-11-13-7-8-14(21)10-13/h1-2,5-6,13-15,22H,3-4,7-12H2,(H,19,23)/t13?,14?,15-/m0/s1. The molecule has 4 rings (SSSR count). The summed E-state index contributed by atoms with van der Waals surface area (Å²) in [4.78, 5) is 16.8. The number of amides is 2. The van der Waals surface area contributed by atoms with Crippen molar-refractivity contribution in [2.24, 2.45) is 5.92 Å². The fourth-order valence-electron chi connectivity index (χ4n) is 4.53. The van der Waals surface area contributed by atoms with E-state index in [1.165, 1.54) is 19.3 Å². The lowest BCUT2D eigenvalue weighted by molar-refractivity contribution is 0.166. The lowest BCUT2D eigenvalue weighted by Crippen LogP contribution is -2.41. The normalized spacial score (nSPS) is 29.3. The summed E-state index contributed by atoms with van der Waals surface area (Å²) < 4.78 is 0. The number of benzene rings is 1. The van der Waals surface area contributed by atoms with Crippen molar-refractivity contribution in [3.05, 3.63) is 24.3 Å². The highest BCUT2D eigenvalue weighted by Gasteiger charge is 2.38. The number of fused-ring (bicyclic) bond motifs is 2. The van der Waals surface area contributed by atoms with Gasteiger partial charge in [-0.05, 0) is 50.2 Å². The molecule has 124 valence electrons. The molecular weight excluding hydrogens is 290 g/mol. The van der Waals surface area contributed by atoms with E-state index < -0.39 is 0 Å². The Morgan fingerprint density at radius 1 is 1.26 bits per heavy atom. The highest BCUT2D eigenvalue weighted by molar-refractivity contribution is 5.93. The SMILES string of the molecule is O=C(Nc1ccccc1N1CC2CCC1C2)N1CCC[C@H]1CO. The maximum atomic E-state index is 12.6. The number of piperidine rings is 1. The summed E-state index contributed by atoms with van der Waals surface area (Å²) in [5.74, 6) is 0.820. The first-order chi connectivity index (χ1) is 11.3. The number of hydrogen-bond acceptors (Lipinski definition) is 3. The molecule has 0 radical (unpaired) electrons. The molecule has 1 saturated carbocycles. The quantitative estimate of drug-likeness (QED) is 0.901. The Bertz CT molecular complexity index is 591. The maximum absolute atomic E-state index is 12.6. The number of carbonyl (C=O) groups excluding carboxylic acids is 1. The number of nitrogens with one attached hydrogen (secondary N) is 1. The number of urea groups is 1. The fraction of sp³-hybridized carbons (Fsp3) is 0.611. The minimum atomic E-state index is -0.0849. The highest BCUT2D eigenvalue weighted by Crippen LogP contribution is 2.42. The van der Waals surface area contributed by atoms with E-state index in [-0.39, 0.29) is 18.7 Å². The van der Waals surface area contributed by atoms with E-state index in [1.54, 1.807) is 4.90 Å². The van der Waals surface area contributed by atoms with Crippen molar-refractivity contribution in [2.75, 3.05) is 29.9 Å². The Hall–Kier alpha value is -1.75. The summed E-state index contributed by atoms with van der Waals surface area (Å²) in [5, 5.41) is 12.5. The van der Waals surface area contributed by atoms with E-state index in [9.17, 15) is 9.90 Å². The predicted octanol–water partition coefficient (Wildman–Crippen LogP) is 2.66. The molecule has 2 unspecified atom stereocenters. The van der Waals surface area contributed by atoms with Gasteiger partial charge in [0.15, 0.2) is 0 Å². The van der Waals surface area contributed by atoms with Gasteiger partial charge in [0.2, 0.25) is 0 Å². The molecule has 1 aromatic carbocycles. The van der Waals surface area contributed by atoms with Gasteiger partial charge in [0, 0.05) is 19.1 Å². The molecular formula is C18H25N3O2. The van der Waals surface area contributed by atoms with Crippen LogP contribution in [0.3, 0.4) is 0 Å². The van der Waals surface area contributed by atoms with E-state index in [0.717, 1.165) is 43.2 Å². The Balaban J connectivity index is 1.52. The first-order valence-corrected chi connectivity index (χ1v) is 8.80. The number of aliphatic hydroxyl groups is 1. The van der Waals surface area contributed by atoms with Gasteiger partial charge in [-0.15, -0.1) is 0 Å². The molecule has 0 aromatic heterocycles. The number of para-hydroxylation sites is 2. The van der Waals surface area contributed by atoms with Crippen LogP contribution in [-0.4, -0.2) is 47.8 Å². The molecule has 2 heterocycles. The molecule has 2 amide bonds. The second-order valence-corrected chi connectivity index (χ2v) is 7.10. The van der Waals surface area contributed by atoms with Crippen molar-refractivity contribution >= 4 is 17.4 Å². The number of aliphatic hydroxyl groups excluding tert-OH is 1. The van der Waals surface area contributed by atoms with Gasteiger partial charge in [0.05, 0.1) is 24.0 Å². The van der Waals surface area contributed by atoms with Gasteiger partial charge in [0.1, 0.15) is 0 Å². The summed E-state index contributed by atoms with van der Waals surface area (Å²) >= 11 is 0. The average molecular weight is 315 g/mol. The van der Waals surface area contributed by atoms with Crippen LogP contribution < -0.4 is 10.2 Å². The van der Waals surface area contributed by atoms with Crippen LogP contribution in [0.5, 0.6) is 0 Å². The first kappa shape index (κ1) is 14.8. The molecule has 5 nitrogen and oxygen atoms in total. The van der Waals surface area contributed by atoms with Crippen LogP contribution in [0.1, 0.15) is 32.1 Å². The molecule has 2 saturated heterocycles. The van der Waals surface area contributed by atoms with Crippen LogP contribution in [0, 0.1) is 5.92 Å². The van der Waals surface area contributed by atoms with E-state index >= 15 is 0 Å². The van der Waals surface area contributed by atoms with Crippen molar-refractivity contribution in [2.45, 2.75) is 44.2 Å². The van der Waals surface area contributed by atoms with E-state index in [0.29, 0.717) is 6.04 Å². The summed E-state index contributed by atoms with van der Waals surface area (Å²) in [6.45, 7) is 1.89. The summed E-state index contributed by atoms with van der Waals surface area (Å²) in [7, 11) is 0. The molecule has 1 aromatic rings. The molecule has 3 atom stereocenters. The van der Waals surface area contributed by atoms with E-state index in [2.05, 4.69) is 16.3 Å². The second-order valence-electron chi connectivity index (χ2n) is 7.10. The number of anilines is 2. The molecule has 0 spiro atoms. The second kappa shape index (κ2) is 6.04. The molecule has 3 aliphatic rings. The Morgan fingerprint density at radius 3 is 2.87 bits per heavy atom.